The number of fused-ring (bicyclic) bond motifs is 1. The van der Waals surface area contributed by atoms with Crippen LogP contribution in [0.25, 0.3) is 11.2 Å². The lowest BCUT2D eigenvalue weighted by molar-refractivity contribution is -0.137. The van der Waals surface area contributed by atoms with Crippen LogP contribution in [0.2, 0.25) is 0 Å². The van der Waals surface area contributed by atoms with E-state index in [1.54, 1.807) is 68.4 Å². The molecule has 90 heavy (non-hydrogen) atoms. The number of imide groups is 1. The van der Waals surface area contributed by atoms with Crippen molar-refractivity contribution in [2.24, 2.45) is 11.8 Å². The highest BCUT2D eigenvalue weighted by molar-refractivity contribution is 8.07. The van der Waals surface area contributed by atoms with Gasteiger partial charge < -0.3 is 53.8 Å². The quantitative estimate of drug-likeness (QED) is 0.0103. The number of aromatic amines is 1. The SMILES string of the molecule is CC(C)[C@H](NC(=O)CCCCCN1C(=O)C=CC1=O)C(=O)N[C@@H](C)C(=O)Nc1ccc(COC(=O)N(C)Cc2ccccc2CC(=O)Nc2nc3c(ncn3[C@@H]3O[C@H](CO[PH+]=O)[C@@H](O)[C@H]3OP(O)(=S)OCC3C[C@@H](Oc4ccncn4)C[C@@H]3OS)c(=O)[nH]2)cc1. The molecule has 7 amide bonds. The van der Waals surface area contributed by atoms with Crippen LogP contribution in [0, 0.1) is 11.8 Å². The number of aliphatic hydroxyl groups excluding tert-OH is 1. The van der Waals surface area contributed by atoms with Gasteiger partial charge in [-0.1, -0.05) is 56.7 Å². The van der Waals surface area contributed by atoms with E-state index >= 15 is 0 Å². The fourth-order valence-electron chi connectivity index (χ4n) is 10.1. The van der Waals surface area contributed by atoms with E-state index in [9.17, 15) is 52.9 Å². The van der Waals surface area contributed by atoms with Crippen LogP contribution in [0.5, 0.6) is 5.88 Å². The molecule has 2 aromatic carbocycles. The van der Waals surface area contributed by atoms with E-state index in [2.05, 4.69) is 59.1 Å². The first-order chi connectivity index (χ1) is 43.1. The number of benzene rings is 2. The highest BCUT2D eigenvalue weighted by Crippen LogP contribution is 2.51. The fraction of sp³-hybridized carbons (Fsp3) is 0.464. The molecule has 3 aromatic heterocycles. The number of nitrogens with one attached hydrogen (secondary N) is 5. The predicted octanol–water partition coefficient (Wildman–Crippen LogP) is 3.85. The molecule has 3 unspecified atom stereocenters. The normalized spacial score (nSPS) is 21.1. The minimum Gasteiger partial charge on any atom is -0.474 e. The topological polar surface area (TPSA) is 386 Å². The van der Waals surface area contributed by atoms with Crippen molar-refractivity contribution < 1.29 is 80.1 Å². The predicted molar refractivity (Wildman–Crippen MR) is 328 cm³/mol. The van der Waals surface area contributed by atoms with Gasteiger partial charge in [0.05, 0.1) is 25.5 Å². The Morgan fingerprint density at radius 1 is 0.933 bits per heavy atom. The number of H-pyrrole nitrogens is 1. The molecule has 0 radical (unpaired) electrons. The molecule has 1 aliphatic carbocycles. The zero-order valence-corrected chi connectivity index (χ0v) is 52.8. The van der Waals surface area contributed by atoms with Crippen molar-refractivity contribution in [2.45, 2.75) is 128 Å². The van der Waals surface area contributed by atoms with Gasteiger partial charge >= 0.3 is 21.5 Å². The van der Waals surface area contributed by atoms with Gasteiger partial charge in [0, 0.05) is 69.0 Å². The number of nitrogens with zero attached hydrogens (tertiary/aromatic N) is 7. The number of thiol groups is 1. The highest BCUT2D eigenvalue weighted by atomic mass is 32.5. The number of amides is 7. The van der Waals surface area contributed by atoms with E-state index in [0.717, 1.165) is 4.90 Å². The van der Waals surface area contributed by atoms with Crippen molar-refractivity contribution in [1.29, 1.82) is 0 Å². The molecule has 5 aromatic rings. The van der Waals surface area contributed by atoms with Crippen LogP contribution in [0.3, 0.4) is 0 Å². The molecular weight excluding hydrogens is 1250 g/mol. The number of hydrogen-bond acceptors (Lipinski definition) is 23. The number of ether oxygens (including phenoxy) is 3. The molecule has 1 saturated carbocycles. The van der Waals surface area contributed by atoms with E-state index in [0.29, 0.717) is 60.4 Å². The van der Waals surface area contributed by atoms with Crippen LogP contribution in [0.1, 0.15) is 82.2 Å². The number of anilines is 2. The van der Waals surface area contributed by atoms with E-state index in [1.807, 2.05) is 0 Å². The smallest absolute Gasteiger partial charge is 0.474 e. The Labute approximate surface area is 527 Å². The fourth-order valence-corrected chi connectivity index (χ4v) is 12.0. The molecular formula is C56H69N12O18P2S2+. The second-order valence-corrected chi connectivity index (χ2v) is 25.2. The maximum atomic E-state index is 13.7. The van der Waals surface area contributed by atoms with E-state index < -0.39 is 87.5 Å². The van der Waals surface area contributed by atoms with Gasteiger partial charge in [-0.3, -0.25) is 57.9 Å². The lowest BCUT2D eigenvalue weighted by Gasteiger charge is -2.27. The molecule has 30 nitrogen and oxygen atoms in total. The number of carbonyl (C=O) groups excluding carboxylic acids is 7. The van der Waals surface area contributed by atoms with Gasteiger partial charge in [0.25, 0.3) is 17.4 Å². The van der Waals surface area contributed by atoms with Crippen LogP contribution >= 0.6 is 28.3 Å². The van der Waals surface area contributed by atoms with Crippen molar-refractivity contribution in [3.8, 4) is 5.88 Å². The molecule has 482 valence electrons. The first-order valence-corrected chi connectivity index (χ1v) is 32.3. The lowest BCUT2D eigenvalue weighted by Crippen LogP contribution is -2.53. The number of unbranched alkanes of at least 4 members (excludes halogenated alkanes) is 2. The molecule has 34 heteroatoms. The van der Waals surface area contributed by atoms with E-state index in [1.165, 1.54) is 54.4 Å². The maximum absolute atomic E-state index is 13.7. The third kappa shape index (κ3) is 18.6. The summed E-state index contributed by atoms with van der Waals surface area (Å²) in [5.41, 5.74) is 1.00. The van der Waals surface area contributed by atoms with Crippen LogP contribution in [0.15, 0.2) is 90.4 Å². The van der Waals surface area contributed by atoms with Crippen molar-refractivity contribution in [2.75, 3.05) is 37.4 Å². The molecule has 11 atom stereocenters. The summed E-state index contributed by atoms with van der Waals surface area (Å²) in [5, 5.41) is 22.2. The Bertz CT molecular complexity index is 3510. The third-order valence-electron chi connectivity index (χ3n) is 14.8. The Hall–Kier alpha value is -7.48. The summed E-state index contributed by atoms with van der Waals surface area (Å²) in [5.74, 6) is -3.35. The summed E-state index contributed by atoms with van der Waals surface area (Å²) in [6, 6.07) is 13.1. The Balaban J connectivity index is 0.807. The summed E-state index contributed by atoms with van der Waals surface area (Å²) < 4.78 is 52.4. The average molecular weight is 1320 g/mol. The number of carbonyl (C=O) groups is 7. The molecule has 5 heterocycles. The molecule has 1 saturated heterocycles. The molecule has 0 bridgehead atoms. The summed E-state index contributed by atoms with van der Waals surface area (Å²) in [6.45, 7) is 0.410. The van der Waals surface area contributed by atoms with Gasteiger partial charge in [0.15, 0.2) is 17.4 Å². The molecule has 2 fully saturated rings. The Kier molecular flexibility index (Phi) is 24.3. The third-order valence-corrected chi connectivity index (χ3v) is 16.9. The minimum absolute atomic E-state index is 0.0234. The summed E-state index contributed by atoms with van der Waals surface area (Å²) in [7, 11) is 0.303. The average Bonchev–Trinajstić information content (AvgIpc) is 1.79. The van der Waals surface area contributed by atoms with Crippen molar-refractivity contribution in [3.05, 3.63) is 113 Å². The van der Waals surface area contributed by atoms with Crippen LogP contribution in [0.4, 0.5) is 16.4 Å². The van der Waals surface area contributed by atoms with E-state index in [-0.39, 0.29) is 98.5 Å². The summed E-state index contributed by atoms with van der Waals surface area (Å²) in [6.07, 6.45) is 1.64. The zero-order valence-electron chi connectivity index (χ0n) is 49.2. The van der Waals surface area contributed by atoms with Crippen molar-refractivity contribution in [1.82, 2.24) is 49.9 Å². The second-order valence-electron chi connectivity index (χ2n) is 21.8. The maximum Gasteiger partial charge on any atom is 0.494 e. The first-order valence-electron chi connectivity index (χ1n) is 28.6. The summed E-state index contributed by atoms with van der Waals surface area (Å²) >= 11 is 9.44. The standard InChI is InChI=1S/C56H68N12O18P2S2/c1-31(2)46(62-41(69)12-6-5-9-21-67-44(71)17-18-45(67)72)52(75)60-32(3)51(74)61-37-15-13-33(14-16-37)26-80-56(77)66(4)25-35-11-8-7-10-34(35)23-42(70)63-55-64-50-47(53(76)65-55)59-30-68(50)54-49(48(73)40(84-54)28-81-87-78)85-88(79,90)82-27-36-22-38(24-39(36)86-89)83-43-19-20-57-29-58-43/h7-8,10-11,13-20,29-32,36,38-40,46,48-49,54,73,87H,5-6,9,12,21-28H2,1-4H3,(H6-,60,61,62,63,64,65,69,70,74,75,76,79,89,90)/p+1/t32-,36?,38+,39-,40+,46-,48+,49+,54+,88?/m0/s1. The van der Waals surface area contributed by atoms with Gasteiger partial charge in [-0.2, -0.15) is 4.98 Å². The molecule has 8 rings (SSSR count). The van der Waals surface area contributed by atoms with Gasteiger partial charge in [-0.25, -0.2) is 19.7 Å². The summed E-state index contributed by atoms with van der Waals surface area (Å²) in [4.78, 5) is 136. The van der Waals surface area contributed by atoms with Crippen LogP contribution in [-0.2, 0) is 91.9 Å². The largest absolute Gasteiger partial charge is 0.494 e. The Morgan fingerprint density at radius 2 is 1.68 bits per heavy atom. The zero-order chi connectivity index (χ0) is 64.6. The first kappa shape index (κ1) is 68.4. The van der Waals surface area contributed by atoms with Gasteiger partial charge in [-0.05, 0) is 90.2 Å². The van der Waals surface area contributed by atoms with Gasteiger partial charge in [-0.15, -0.1) is 4.52 Å². The van der Waals surface area contributed by atoms with Crippen molar-refractivity contribution in [3.63, 3.8) is 0 Å². The molecule has 2 aliphatic heterocycles. The number of hydrogen-bond donors (Lipinski definition) is 8. The number of aliphatic hydroxyl groups is 1. The van der Waals surface area contributed by atoms with E-state index in [4.69, 9.17) is 43.8 Å². The highest BCUT2D eigenvalue weighted by Gasteiger charge is 2.50. The molecule has 0 spiro atoms. The van der Waals surface area contributed by atoms with Gasteiger partial charge in [0.2, 0.25) is 35.5 Å². The monoisotopic (exact) mass is 1320 g/mol. The molecule has 3 aliphatic rings. The second kappa shape index (κ2) is 32.0. The van der Waals surface area contributed by atoms with Crippen molar-refractivity contribution >= 4 is 104 Å². The number of rotatable bonds is 31. The number of imidazole rings is 1. The lowest BCUT2D eigenvalue weighted by atomic mass is 10.0. The van der Waals surface area contributed by atoms with Crippen LogP contribution in [-0.4, -0.2) is 160 Å². The van der Waals surface area contributed by atoms with Gasteiger partial charge in [0.1, 0.15) is 56.0 Å². The number of aromatic nitrogens is 6. The molecule has 7 N–H and O–H groups in total. The minimum atomic E-state index is -4.23. The van der Waals surface area contributed by atoms with Crippen LogP contribution < -0.4 is 31.6 Å². The Morgan fingerprint density at radius 3 is 2.38 bits per heavy atom.